The fourth-order valence-corrected chi connectivity index (χ4v) is 3.07. The normalized spacial score (nSPS) is 13.8. The molecule has 0 atom stereocenters. The molecule has 8 heteroatoms. The van der Waals surface area contributed by atoms with Gasteiger partial charge in [-0.3, -0.25) is 14.0 Å². The van der Waals surface area contributed by atoms with Crippen LogP contribution in [0.3, 0.4) is 0 Å². The van der Waals surface area contributed by atoms with Gasteiger partial charge in [0.05, 0.1) is 24.0 Å². The third-order valence-corrected chi connectivity index (χ3v) is 4.50. The first kappa shape index (κ1) is 14.8. The highest BCUT2D eigenvalue weighted by Gasteiger charge is 2.29. The van der Waals surface area contributed by atoms with Gasteiger partial charge in [-0.25, -0.2) is 9.97 Å². The van der Waals surface area contributed by atoms with Gasteiger partial charge in [-0.05, 0) is 25.0 Å². The summed E-state index contributed by atoms with van der Waals surface area (Å²) in [5, 5.41) is 7.49. The quantitative estimate of drug-likeness (QED) is 0.745. The third-order valence-electron chi connectivity index (χ3n) is 3.73. The second-order valence-corrected chi connectivity index (χ2v) is 6.62. The van der Waals surface area contributed by atoms with Crippen molar-refractivity contribution in [3.8, 4) is 0 Å². The topological polar surface area (TPSA) is 88.4 Å². The van der Waals surface area contributed by atoms with Crippen molar-refractivity contribution in [3.05, 3.63) is 41.8 Å². The minimum absolute atomic E-state index is 0.0130. The van der Waals surface area contributed by atoms with Crippen LogP contribution >= 0.6 is 11.3 Å². The van der Waals surface area contributed by atoms with Gasteiger partial charge in [0.1, 0.15) is 5.82 Å². The van der Waals surface area contributed by atoms with Crippen LogP contribution in [-0.4, -0.2) is 26.2 Å². The van der Waals surface area contributed by atoms with Gasteiger partial charge in [-0.15, -0.1) is 11.3 Å². The molecule has 0 radical (unpaired) electrons. The van der Waals surface area contributed by atoms with Crippen LogP contribution in [0.1, 0.15) is 18.5 Å². The van der Waals surface area contributed by atoms with Crippen LogP contribution < -0.4 is 10.6 Å². The van der Waals surface area contributed by atoms with E-state index in [1.54, 1.807) is 12.1 Å². The molecular formula is C16H15N5O2S. The molecule has 0 aliphatic heterocycles. The van der Waals surface area contributed by atoms with Crippen molar-refractivity contribution < 1.29 is 9.59 Å². The molecular weight excluding hydrogens is 326 g/mol. The van der Waals surface area contributed by atoms with Crippen LogP contribution in [-0.2, 0) is 16.0 Å². The third kappa shape index (κ3) is 3.28. The summed E-state index contributed by atoms with van der Waals surface area (Å²) in [5.74, 6) is 0.492. The van der Waals surface area contributed by atoms with Gasteiger partial charge >= 0.3 is 0 Å². The summed E-state index contributed by atoms with van der Waals surface area (Å²) in [7, 11) is 0. The van der Waals surface area contributed by atoms with Crippen molar-refractivity contribution >= 4 is 39.6 Å². The van der Waals surface area contributed by atoms with Gasteiger partial charge in [0.2, 0.25) is 11.8 Å². The van der Waals surface area contributed by atoms with E-state index in [4.69, 9.17) is 0 Å². The first-order valence-electron chi connectivity index (χ1n) is 7.65. The van der Waals surface area contributed by atoms with Crippen LogP contribution in [0.15, 0.2) is 36.1 Å². The Bertz CT molecular complexity index is 866. The molecule has 24 heavy (non-hydrogen) atoms. The molecule has 0 saturated heterocycles. The van der Waals surface area contributed by atoms with Crippen molar-refractivity contribution in [2.45, 2.75) is 19.3 Å². The average Bonchev–Trinajstić information content (AvgIpc) is 3.21. The fraction of sp³-hybridized carbons (Fsp3) is 0.250. The minimum Gasteiger partial charge on any atom is -0.324 e. The van der Waals surface area contributed by atoms with Crippen molar-refractivity contribution in [2.75, 3.05) is 10.6 Å². The largest absolute Gasteiger partial charge is 0.324 e. The van der Waals surface area contributed by atoms with Gasteiger partial charge in [0, 0.05) is 23.7 Å². The number of aromatic nitrogens is 3. The smallest absolute Gasteiger partial charge is 0.230 e. The Balaban J connectivity index is 1.34. The van der Waals surface area contributed by atoms with Crippen LogP contribution in [0.2, 0.25) is 0 Å². The van der Waals surface area contributed by atoms with Gasteiger partial charge < -0.3 is 10.6 Å². The number of hydrogen-bond donors (Lipinski definition) is 2. The molecule has 3 heterocycles. The Morgan fingerprint density at radius 2 is 2.17 bits per heavy atom. The molecule has 0 bridgehead atoms. The molecule has 3 aromatic heterocycles. The Labute approximate surface area is 141 Å². The lowest BCUT2D eigenvalue weighted by Crippen LogP contribution is -2.16. The second-order valence-electron chi connectivity index (χ2n) is 5.75. The van der Waals surface area contributed by atoms with Crippen molar-refractivity contribution in [3.63, 3.8) is 0 Å². The molecule has 122 valence electrons. The van der Waals surface area contributed by atoms with Crippen molar-refractivity contribution in [1.82, 2.24) is 14.4 Å². The van der Waals surface area contributed by atoms with E-state index >= 15 is 0 Å². The zero-order valence-corrected chi connectivity index (χ0v) is 13.5. The highest BCUT2D eigenvalue weighted by atomic mass is 32.1. The summed E-state index contributed by atoms with van der Waals surface area (Å²) in [6.45, 7) is 0. The first-order chi connectivity index (χ1) is 11.7. The number of fused-ring (bicyclic) bond motifs is 1. The summed E-state index contributed by atoms with van der Waals surface area (Å²) in [6, 6.07) is 3.40. The highest BCUT2D eigenvalue weighted by Crippen LogP contribution is 2.29. The van der Waals surface area contributed by atoms with E-state index in [9.17, 15) is 9.59 Å². The number of imidazole rings is 1. The second kappa shape index (κ2) is 6.04. The predicted octanol–water partition coefficient (Wildman–Crippen LogP) is 2.32. The summed E-state index contributed by atoms with van der Waals surface area (Å²) >= 11 is 1.53. The molecule has 0 spiro atoms. The number of nitrogens with one attached hydrogen (secondary N) is 2. The molecule has 2 N–H and O–H groups in total. The molecule has 1 aliphatic carbocycles. The van der Waals surface area contributed by atoms with E-state index in [0.717, 1.165) is 23.5 Å². The van der Waals surface area contributed by atoms with E-state index in [0.29, 0.717) is 11.5 Å². The van der Waals surface area contributed by atoms with Gasteiger partial charge in [0.25, 0.3) is 0 Å². The average molecular weight is 341 g/mol. The lowest BCUT2D eigenvalue weighted by atomic mass is 10.3. The number of nitrogens with zero attached hydrogens (tertiary/aromatic N) is 3. The number of carbonyl (C=O) groups is 2. The SMILES string of the molecule is O=C(Cc1cn2ccsc2n1)Nc1ccc(NC(=O)C2CC2)nc1. The molecule has 7 nitrogen and oxygen atoms in total. The Hall–Kier alpha value is -2.74. The van der Waals surface area contributed by atoms with E-state index < -0.39 is 0 Å². The molecule has 0 unspecified atom stereocenters. The Morgan fingerprint density at radius 1 is 1.29 bits per heavy atom. The van der Waals surface area contributed by atoms with E-state index in [1.165, 1.54) is 17.5 Å². The number of hydrogen-bond acceptors (Lipinski definition) is 5. The molecule has 3 aromatic rings. The monoisotopic (exact) mass is 341 g/mol. The van der Waals surface area contributed by atoms with Gasteiger partial charge in [-0.2, -0.15) is 0 Å². The van der Waals surface area contributed by atoms with Crippen molar-refractivity contribution in [1.29, 1.82) is 0 Å². The molecule has 4 rings (SSSR count). The van der Waals surface area contributed by atoms with E-state index in [-0.39, 0.29) is 24.2 Å². The zero-order valence-electron chi connectivity index (χ0n) is 12.7. The van der Waals surface area contributed by atoms with Crippen LogP contribution in [0, 0.1) is 5.92 Å². The molecule has 2 amide bonds. The van der Waals surface area contributed by atoms with Gasteiger partial charge in [-0.1, -0.05) is 0 Å². The summed E-state index contributed by atoms with van der Waals surface area (Å²) in [4.78, 5) is 33.2. The molecule has 1 aliphatic rings. The number of amides is 2. The number of carbonyl (C=O) groups excluding carboxylic acids is 2. The van der Waals surface area contributed by atoms with Gasteiger partial charge in [0.15, 0.2) is 4.96 Å². The van der Waals surface area contributed by atoms with Crippen LogP contribution in [0.5, 0.6) is 0 Å². The van der Waals surface area contributed by atoms with Crippen LogP contribution in [0.25, 0.3) is 4.96 Å². The lowest BCUT2D eigenvalue weighted by molar-refractivity contribution is -0.117. The maximum absolute atomic E-state index is 12.1. The summed E-state index contributed by atoms with van der Waals surface area (Å²) < 4.78 is 1.90. The number of anilines is 2. The van der Waals surface area contributed by atoms with E-state index in [1.807, 2.05) is 22.2 Å². The number of rotatable bonds is 5. The highest BCUT2D eigenvalue weighted by molar-refractivity contribution is 7.15. The Kier molecular flexibility index (Phi) is 3.73. The molecule has 0 aromatic carbocycles. The summed E-state index contributed by atoms with van der Waals surface area (Å²) in [6.07, 6.45) is 7.39. The standard InChI is InChI=1S/C16H15N5O2S/c22-14(7-12-9-21-5-6-24-16(21)19-12)18-11-3-4-13(17-8-11)20-15(23)10-1-2-10/h3-6,8-10H,1-2,7H2,(H,18,22)(H,17,20,23). The number of thiazole rings is 1. The Morgan fingerprint density at radius 3 is 2.88 bits per heavy atom. The van der Waals surface area contributed by atoms with Crippen molar-refractivity contribution in [2.24, 2.45) is 5.92 Å². The predicted molar refractivity (Wildman–Crippen MR) is 91.0 cm³/mol. The molecule has 1 fully saturated rings. The first-order valence-corrected chi connectivity index (χ1v) is 8.53. The fourth-order valence-electron chi connectivity index (χ4n) is 2.35. The molecule has 1 saturated carbocycles. The van der Waals surface area contributed by atoms with Crippen LogP contribution in [0.4, 0.5) is 11.5 Å². The minimum atomic E-state index is -0.155. The van der Waals surface area contributed by atoms with E-state index in [2.05, 4.69) is 20.6 Å². The summed E-state index contributed by atoms with van der Waals surface area (Å²) in [5.41, 5.74) is 1.31. The maximum atomic E-state index is 12.1. The maximum Gasteiger partial charge on any atom is 0.230 e. The lowest BCUT2D eigenvalue weighted by Gasteiger charge is -2.06. The zero-order chi connectivity index (χ0) is 16.5. The number of pyridine rings is 1.